The molecule has 49 heavy (non-hydrogen) atoms. The Hall–Kier alpha value is -4.06. The van der Waals surface area contributed by atoms with Crippen LogP contribution in [-0.2, 0) is 28.9 Å². The first kappa shape index (κ1) is 33.4. The molecule has 0 saturated carbocycles. The Morgan fingerprint density at radius 3 is 2.57 bits per heavy atom. The van der Waals surface area contributed by atoms with Gasteiger partial charge in [0, 0.05) is 47.3 Å². The quantitative estimate of drug-likeness (QED) is 0.145. The largest absolute Gasteiger partial charge is 0.504 e. The molecule has 3 aromatic rings. The summed E-state index contributed by atoms with van der Waals surface area (Å²) in [7, 11) is 3.55. The topological polar surface area (TPSA) is 134 Å². The summed E-state index contributed by atoms with van der Waals surface area (Å²) in [5.74, 6) is 1.48. The lowest BCUT2D eigenvalue weighted by Gasteiger charge is -2.60. The number of likely N-dealkylation sites (N-methyl/N-ethyl adjacent to an activating group) is 1. The van der Waals surface area contributed by atoms with Crippen molar-refractivity contribution in [2.24, 2.45) is 0 Å². The minimum atomic E-state index is -0.567. The van der Waals surface area contributed by atoms with Crippen LogP contribution in [0.2, 0.25) is 0 Å². The molecule has 12 heteroatoms. The third-order valence-corrected chi connectivity index (χ3v) is 11.2. The number of esters is 1. The third-order valence-electron chi connectivity index (χ3n) is 10.6. The molecule has 1 saturated heterocycles. The van der Waals surface area contributed by atoms with E-state index in [1.807, 2.05) is 73.8 Å². The van der Waals surface area contributed by atoms with Gasteiger partial charge in [-0.15, -0.1) is 0 Å². The highest BCUT2D eigenvalue weighted by Crippen LogP contribution is 2.58. The van der Waals surface area contributed by atoms with Crippen LogP contribution in [0.15, 0.2) is 36.4 Å². The number of methoxy groups -OCH3 is 1. The van der Waals surface area contributed by atoms with Crippen LogP contribution >= 0.6 is 22.6 Å². The minimum absolute atomic E-state index is 0.00193. The number of carbonyl (C=O) groups is 2. The average Bonchev–Trinajstić information content (AvgIpc) is 3.59. The number of nitrogens with one attached hydrogen (secondary N) is 1. The van der Waals surface area contributed by atoms with E-state index in [1.54, 1.807) is 7.11 Å². The van der Waals surface area contributed by atoms with Gasteiger partial charge in [-0.3, -0.25) is 19.4 Å². The fourth-order valence-corrected chi connectivity index (χ4v) is 8.67. The van der Waals surface area contributed by atoms with Gasteiger partial charge in [0.1, 0.15) is 11.8 Å². The highest BCUT2D eigenvalue weighted by atomic mass is 127. The van der Waals surface area contributed by atoms with E-state index in [9.17, 15) is 20.0 Å². The molecular weight excluding hydrogens is 739 g/mol. The van der Waals surface area contributed by atoms with Crippen molar-refractivity contribution in [2.75, 3.05) is 31.9 Å². The number of nitrogens with zero attached hydrogens (tertiary/aromatic N) is 3. The molecule has 7 rings (SSSR count). The summed E-state index contributed by atoms with van der Waals surface area (Å²) in [6.45, 7) is 3.95. The number of nitriles is 1. The fourth-order valence-electron chi connectivity index (χ4n) is 8.51. The number of carbonyl (C=O) groups excluding carboxylic acids is 2. The molecule has 0 aliphatic carbocycles. The second kappa shape index (κ2) is 13.3. The first-order chi connectivity index (χ1) is 23.7. The summed E-state index contributed by atoms with van der Waals surface area (Å²) >= 11 is 1.98. The molecule has 256 valence electrons. The molecule has 11 nitrogen and oxygen atoms in total. The van der Waals surface area contributed by atoms with Crippen molar-refractivity contribution in [2.45, 2.75) is 69.7 Å². The number of aryl methyl sites for hydroxylation is 2. The van der Waals surface area contributed by atoms with Crippen LogP contribution in [0.3, 0.4) is 0 Å². The Kier molecular flexibility index (Phi) is 9.10. The van der Waals surface area contributed by atoms with E-state index < -0.39 is 18.1 Å². The zero-order valence-corrected chi connectivity index (χ0v) is 30.1. The first-order valence-electron chi connectivity index (χ1n) is 16.5. The van der Waals surface area contributed by atoms with E-state index in [4.69, 9.17) is 18.9 Å². The monoisotopic (exact) mass is 778 g/mol. The van der Waals surface area contributed by atoms with Crippen LogP contribution in [0.4, 0.5) is 0 Å². The molecule has 4 aliphatic heterocycles. The summed E-state index contributed by atoms with van der Waals surface area (Å²) in [5, 5.41) is 25.8. The number of rotatable bonds is 8. The van der Waals surface area contributed by atoms with Gasteiger partial charge >= 0.3 is 5.97 Å². The minimum Gasteiger partial charge on any atom is -0.504 e. The van der Waals surface area contributed by atoms with Gasteiger partial charge in [-0.2, -0.15) is 5.26 Å². The summed E-state index contributed by atoms with van der Waals surface area (Å²) in [5.41, 5.74) is 5.84. The molecule has 1 fully saturated rings. The Morgan fingerprint density at radius 1 is 1.10 bits per heavy atom. The molecule has 0 radical (unpaired) electrons. The van der Waals surface area contributed by atoms with Crippen molar-refractivity contribution >= 4 is 34.5 Å². The van der Waals surface area contributed by atoms with Crippen molar-refractivity contribution in [3.05, 3.63) is 75.3 Å². The summed E-state index contributed by atoms with van der Waals surface area (Å²) in [6.07, 6.45) is 1.84. The summed E-state index contributed by atoms with van der Waals surface area (Å²) in [4.78, 5) is 30.7. The molecule has 0 aromatic heterocycles. The van der Waals surface area contributed by atoms with E-state index >= 15 is 0 Å². The predicted octanol–water partition coefficient (Wildman–Crippen LogP) is 4.61. The Labute approximate surface area is 299 Å². The predicted molar refractivity (Wildman–Crippen MR) is 188 cm³/mol. The molecule has 1 unspecified atom stereocenters. The lowest BCUT2D eigenvalue weighted by Crippen LogP contribution is -2.68. The van der Waals surface area contributed by atoms with Crippen molar-refractivity contribution in [1.29, 1.82) is 5.26 Å². The second-order valence-electron chi connectivity index (χ2n) is 13.1. The number of phenolic OH excluding ortho intramolecular Hbond substituents is 1. The fraction of sp³-hybridized carbons (Fsp3) is 0.432. The molecule has 4 heterocycles. The van der Waals surface area contributed by atoms with Crippen molar-refractivity contribution in [3.63, 3.8) is 0 Å². The van der Waals surface area contributed by atoms with E-state index in [0.29, 0.717) is 54.2 Å². The van der Waals surface area contributed by atoms with E-state index in [0.717, 1.165) is 33.4 Å². The van der Waals surface area contributed by atoms with Gasteiger partial charge in [0.2, 0.25) is 12.7 Å². The number of alkyl halides is 1. The lowest BCUT2D eigenvalue weighted by atomic mass is 9.71. The molecule has 4 aliphatic rings. The number of hydrogen-bond donors (Lipinski definition) is 2. The average molecular weight is 779 g/mol. The van der Waals surface area contributed by atoms with Gasteiger partial charge in [-0.1, -0.05) is 59.0 Å². The number of aromatic hydroxyl groups is 1. The molecule has 2 N–H and O–H groups in total. The van der Waals surface area contributed by atoms with Crippen molar-refractivity contribution in [1.82, 2.24) is 15.1 Å². The van der Waals surface area contributed by atoms with Crippen LogP contribution in [0, 0.1) is 25.2 Å². The molecule has 0 spiro atoms. The maximum atomic E-state index is 13.4. The van der Waals surface area contributed by atoms with Gasteiger partial charge in [0.25, 0.3) is 0 Å². The number of phenols is 1. The van der Waals surface area contributed by atoms with Crippen LogP contribution < -0.4 is 24.3 Å². The molecule has 5 atom stereocenters. The normalized spacial score (nSPS) is 23.5. The van der Waals surface area contributed by atoms with Gasteiger partial charge in [-0.05, 0) is 56.8 Å². The van der Waals surface area contributed by atoms with Gasteiger partial charge in [-0.25, -0.2) is 0 Å². The number of piperazine rings is 1. The van der Waals surface area contributed by atoms with Gasteiger partial charge in [0.15, 0.2) is 23.0 Å². The summed E-state index contributed by atoms with van der Waals surface area (Å²) in [6, 6.07) is 12.6. The Balaban J connectivity index is 1.37. The molecule has 2 bridgehead atoms. The van der Waals surface area contributed by atoms with E-state index in [-0.39, 0.29) is 47.5 Å². The number of fused-ring (bicyclic) bond motifs is 9. The smallest absolute Gasteiger partial charge is 0.321 e. The SMILES string of the molecule is COc1c(C)cc2c(c1O)[C@H]1C3Cc4c(OC(=O)CI)c(C)c5c(c4[C@H](CNC(=O)CCc4ccccc4)N3[C@@H](C#N)[C@@H](C2)N1C)OCO5. The maximum absolute atomic E-state index is 13.4. The maximum Gasteiger partial charge on any atom is 0.321 e. The molecule has 1 amide bonds. The number of amides is 1. The lowest BCUT2D eigenvalue weighted by molar-refractivity contribution is -0.131. The highest BCUT2D eigenvalue weighted by molar-refractivity contribution is 14.1. The number of ether oxygens (including phenoxy) is 4. The zero-order valence-electron chi connectivity index (χ0n) is 27.9. The van der Waals surface area contributed by atoms with Crippen LogP contribution in [-0.4, -0.2) is 76.8 Å². The first-order valence-corrected chi connectivity index (χ1v) is 18.0. The highest BCUT2D eigenvalue weighted by Gasteiger charge is 2.56. The molecular formula is C37H39IN4O7. The number of hydrogen-bond acceptors (Lipinski definition) is 10. The number of benzene rings is 3. The van der Waals surface area contributed by atoms with E-state index in [1.165, 1.54) is 0 Å². The zero-order chi connectivity index (χ0) is 34.6. The van der Waals surface area contributed by atoms with E-state index in [2.05, 4.69) is 27.3 Å². The molecule has 3 aromatic carbocycles. The van der Waals surface area contributed by atoms with Gasteiger partial charge in [0.05, 0.1) is 29.7 Å². The van der Waals surface area contributed by atoms with Crippen molar-refractivity contribution < 1.29 is 33.6 Å². The Bertz CT molecular complexity index is 1860. The summed E-state index contributed by atoms with van der Waals surface area (Å²) < 4.78 is 24.0. The van der Waals surface area contributed by atoms with Gasteiger partial charge < -0.3 is 29.4 Å². The number of halogens is 1. The van der Waals surface area contributed by atoms with Crippen LogP contribution in [0.5, 0.6) is 28.7 Å². The Morgan fingerprint density at radius 2 is 1.86 bits per heavy atom. The third kappa shape index (κ3) is 5.56. The van der Waals surface area contributed by atoms with Crippen molar-refractivity contribution in [3.8, 4) is 34.8 Å². The second-order valence-corrected chi connectivity index (χ2v) is 13.9. The van der Waals surface area contributed by atoms with Crippen LogP contribution in [0.1, 0.15) is 57.4 Å². The standard InChI is InChI=1S/C37H39IN4O7/c1-19-12-22-13-24-26(16-39)42-25(32(41(24)3)30(22)33(45)34(19)46-4)14-23-31(27(42)17-40-28(43)11-10-21-8-6-5-7-9-21)37-36(47-18-48-37)20(2)35(23)49-29(44)15-38/h5-9,12,24-27,32,45H,10-11,13-15,17-18H2,1-4H3,(H,40,43)/t24-,25?,26+,27+,32-/m1/s1. The van der Waals surface area contributed by atoms with Crippen LogP contribution in [0.25, 0.3) is 0 Å².